The normalized spacial score (nSPS) is 12.2. The van der Waals surface area contributed by atoms with Crippen molar-refractivity contribution in [3.63, 3.8) is 0 Å². The summed E-state index contributed by atoms with van der Waals surface area (Å²) in [6.07, 6.45) is 1.15. The largest absolute Gasteiger partial charge is 0.513 e. The Bertz CT molecular complexity index is 1450. The number of benzene rings is 3. The Morgan fingerprint density at radius 1 is 1.00 bits per heavy atom. The highest BCUT2D eigenvalue weighted by atomic mass is 19.1. The third kappa shape index (κ3) is 6.01. The summed E-state index contributed by atoms with van der Waals surface area (Å²) in [6.45, 7) is 3.94. The van der Waals surface area contributed by atoms with Crippen LogP contribution < -0.4 is 4.74 Å². The van der Waals surface area contributed by atoms with Crippen LogP contribution in [0.5, 0.6) is 5.75 Å². The number of aromatic nitrogens is 1. The Morgan fingerprint density at radius 2 is 1.78 bits per heavy atom. The van der Waals surface area contributed by atoms with E-state index in [0.717, 1.165) is 40.6 Å². The summed E-state index contributed by atoms with van der Waals surface area (Å²) in [6, 6.07) is 24.0. The van der Waals surface area contributed by atoms with Crippen LogP contribution >= 0.6 is 0 Å². The van der Waals surface area contributed by atoms with E-state index in [4.69, 9.17) is 4.74 Å². The minimum atomic E-state index is -0.986. The first-order valence-corrected chi connectivity index (χ1v) is 11.7. The standard InChI is InChI=1S/C30H27FN2O4/c1-19-7-4-5-10-25(19)26(18-28(33-35)24-13-14-32-20(2)15-24)23-9-6-8-21(16-23)22-11-12-29(27(31)17-22)37-30(34)36-3/h4-17,26,35H,18H2,1-3H3. The molecule has 1 unspecified atom stereocenters. The number of hydrogen-bond acceptors (Lipinski definition) is 6. The molecule has 4 rings (SSSR count). The molecule has 1 N–H and O–H groups in total. The number of pyridine rings is 1. The van der Waals surface area contributed by atoms with Crippen LogP contribution in [0.4, 0.5) is 9.18 Å². The molecule has 0 saturated heterocycles. The number of nitrogens with zero attached hydrogens (tertiary/aromatic N) is 2. The second-order valence-electron chi connectivity index (χ2n) is 8.67. The van der Waals surface area contributed by atoms with Crippen LogP contribution in [0.2, 0.25) is 0 Å². The molecular formula is C30H27FN2O4. The van der Waals surface area contributed by atoms with Crippen molar-refractivity contribution in [2.45, 2.75) is 26.2 Å². The first-order valence-electron chi connectivity index (χ1n) is 11.7. The highest BCUT2D eigenvalue weighted by Crippen LogP contribution is 2.35. The predicted octanol–water partition coefficient (Wildman–Crippen LogP) is 7.05. The van der Waals surface area contributed by atoms with Gasteiger partial charge in [-0.2, -0.15) is 0 Å². The van der Waals surface area contributed by atoms with Crippen LogP contribution in [0.15, 0.2) is 90.2 Å². The maximum atomic E-state index is 14.7. The Labute approximate surface area is 215 Å². The van der Waals surface area contributed by atoms with Crippen LogP contribution in [0.1, 0.15) is 40.3 Å². The van der Waals surface area contributed by atoms with E-state index in [0.29, 0.717) is 17.7 Å². The van der Waals surface area contributed by atoms with Crippen LogP contribution in [0.3, 0.4) is 0 Å². The molecule has 1 aromatic heterocycles. The quantitative estimate of drug-likeness (QED) is 0.0971. The van der Waals surface area contributed by atoms with Crippen LogP contribution in [0.25, 0.3) is 11.1 Å². The van der Waals surface area contributed by atoms with Crippen LogP contribution in [-0.2, 0) is 4.74 Å². The number of carbonyl (C=O) groups is 1. The molecule has 4 aromatic rings. The lowest BCUT2D eigenvalue weighted by molar-refractivity contribution is 0.119. The van der Waals surface area contributed by atoms with Gasteiger partial charge in [0.05, 0.1) is 12.8 Å². The van der Waals surface area contributed by atoms with Crippen molar-refractivity contribution in [2.24, 2.45) is 5.16 Å². The summed E-state index contributed by atoms with van der Waals surface area (Å²) in [5, 5.41) is 13.6. The molecule has 0 fully saturated rings. The molecule has 0 aliphatic carbocycles. The Hall–Kier alpha value is -4.52. The van der Waals surface area contributed by atoms with E-state index < -0.39 is 12.0 Å². The van der Waals surface area contributed by atoms with Crippen molar-refractivity contribution in [1.82, 2.24) is 4.98 Å². The molecule has 0 amide bonds. The Morgan fingerprint density at radius 3 is 2.49 bits per heavy atom. The molecule has 0 bridgehead atoms. The average Bonchev–Trinajstić information content (AvgIpc) is 2.91. The molecule has 0 aliphatic heterocycles. The number of halogens is 1. The zero-order chi connectivity index (χ0) is 26.4. The minimum Gasteiger partial charge on any atom is -0.437 e. The Balaban J connectivity index is 1.73. The van der Waals surface area contributed by atoms with E-state index in [1.807, 2.05) is 68.4 Å². The smallest absolute Gasteiger partial charge is 0.437 e. The van der Waals surface area contributed by atoms with Crippen LogP contribution in [0, 0.1) is 19.7 Å². The van der Waals surface area contributed by atoms with Gasteiger partial charge < -0.3 is 14.7 Å². The van der Waals surface area contributed by atoms with Gasteiger partial charge in [0.15, 0.2) is 11.6 Å². The molecule has 1 atom stereocenters. The van der Waals surface area contributed by atoms with Gasteiger partial charge in [0, 0.05) is 29.8 Å². The fourth-order valence-corrected chi connectivity index (χ4v) is 4.35. The lowest BCUT2D eigenvalue weighted by Crippen LogP contribution is -2.12. The molecule has 3 aromatic carbocycles. The Kier molecular flexibility index (Phi) is 7.93. The predicted molar refractivity (Wildman–Crippen MR) is 140 cm³/mol. The van der Waals surface area contributed by atoms with Gasteiger partial charge in [-0.05, 0) is 65.9 Å². The zero-order valence-electron chi connectivity index (χ0n) is 20.8. The summed E-state index contributed by atoms with van der Waals surface area (Å²) in [7, 11) is 1.16. The van der Waals surface area contributed by atoms with Gasteiger partial charge in [-0.15, -0.1) is 0 Å². The number of carbonyl (C=O) groups excluding carboxylic acids is 1. The lowest BCUT2D eigenvalue weighted by atomic mass is 9.82. The van der Waals surface area contributed by atoms with Crippen LogP contribution in [-0.4, -0.2) is 29.2 Å². The number of ether oxygens (including phenoxy) is 2. The lowest BCUT2D eigenvalue weighted by Gasteiger charge is -2.22. The SMILES string of the molecule is COC(=O)Oc1ccc(-c2cccc(C(CC(=NO)c3ccnc(C)c3)c3ccccc3C)c2)cc1F. The van der Waals surface area contributed by atoms with Gasteiger partial charge >= 0.3 is 6.16 Å². The molecule has 6 nitrogen and oxygen atoms in total. The summed E-state index contributed by atoms with van der Waals surface area (Å²) in [4.78, 5) is 15.6. The van der Waals surface area contributed by atoms with Crippen molar-refractivity contribution in [1.29, 1.82) is 0 Å². The first-order chi connectivity index (χ1) is 17.9. The number of oxime groups is 1. The molecule has 0 radical (unpaired) electrons. The molecular weight excluding hydrogens is 471 g/mol. The number of hydrogen-bond donors (Lipinski definition) is 1. The third-order valence-electron chi connectivity index (χ3n) is 6.23. The number of rotatable bonds is 7. The average molecular weight is 499 g/mol. The zero-order valence-corrected chi connectivity index (χ0v) is 20.8. The topological polar surface area (TPSA) is 81.0 Å². The first kappa shape index (κ1) is 25.6. The van der Waals surface area contributed by atoms with E-state index in [1.165, 1.54) is 12.1 Å². The van der Waals surface area contributed by atoms with Gasteiger partial charge in [0.25, 0.3) is 0 Å². The third-order valence-corrected chi connectivity index (χ3v) is 6.23. The maximum Gasteiger partial charge on any atom is 0.513 e. The molecule has 37 heavy (non-hydrogen) atoms. The summed E-state index contributed by atoms with van der Waals surface area (Å²) < 4.78 is 24.0. The minimum absolute atomic E-state index is 0.132. The molecule has 1 heterocycles. The second kappa shape index (κ2) is 11.5. The summed E-state index contributed by atoms with van der Waals surface area (Å²) in [5.74, 6) is -1.01. The van der Waals surface area contributed by atoms with E-state index in [9.17, 15) is 14.4 Å². The fraction of sp³-hybridized carbons (Fsp3) is 0.167. The monoisotopic (exact) mass is 498 g/mol. The summed E-state index contributed by atoms with van der Waals surface area (Å²) in [5.41, 5.74) is 6.77. The van der Waals surface area contributed by atoms with E-state index in [-0.39, 0.29) is 11.7 Å². The van der Waals surface area contributed by atoms with Gasteiger partial charge in [0.2, 0.25) is 0 Å². The maximum absolute atomic E-state index is 14.7. The van der Waals surface area contributed by atoms with E-state index in [1.54, 1.807) is 12.3 Å². The highest BCUT2D eigenvalue weighted by molar-refractivity contribution is 6.01. The molecule has 0 spiro atoms. The molecule has 7 heteroatoms. The van der Waals surface area contributed by atoms with Crippen molar-refractivity contribution in [2.75, 3.05) is 7.11 Å². The number of methoxy groups -OCH3 is 1. The molecule has 0 aliphatic rings. The van der Waals surface area contributed by atoms with Gasteiger partial charge in [0.1, 0.15) is 0 Å². The van der Waals surface area contributed by atoms with Gasteiger partial charge in [-0.25, -0.2) is 9.18 Å². The second-order valence-corrected chi connectivity index (χ2v) is 8.67. The number of aryl methyl sites for hydroxylation is 2. The van der Waals surface area contributed by atoms with Gasteiger partial charge in [-0.3, -0.25) is 4.98 Å². The molecule has 0 saturated carbocycles. The van der Waals surface area contributed by atoms with Gasteiger partial charge in [-0.1, -0.05) is 59.8 Å². The molecule has 188 valence electrons. The van der Waals surface area contributed by atoms with Crippen molar-refractivity contribution in [3.8, 4) is 16.9 Å². The van der Waals surface area contributed by atoms with E-state index in [2.05, 4.69) is 20.9 Å². The fourth-order valence-electron chi connectivity index (χ4n) is 4.35. The van der Waals surface area contributed by atoms with Crippen molar-refractivity contribution >= 4 is 11.9 Å². The van der Waals surface area contributed by atoms with Crippen molar-refractivity contribution in [3.05, 3.63) is 119 Å². The highest BCUT2D eigenvalue weighted by Gasteiger charge is 2.21. The van der Waals surface area contributed by atoms with Crippen molar-refractivity contribution < 1.29 is 23.9 Å². The summed E-state index contributed by atoms with van der Waals surface area (Å²) >= 11 is 0. The van der Waals surface area contributed by atoms with E-state index >= 15 is 0 Å².